The van der Waals surface area contributed by atoms with Crippen LogP contribution in [0.5, 0.6) is 0 Å². The molecule has 0 amide bonds. The highest BCUT2D eigenvalue weighted by atomic mass is 16.6. The van der Waals surface area contributed by atoms with Gasteiger partial charge in [-0.25, -0.2) is 0 Å². The number of hydrogen-bond donors (Lipinski definition) is 0. The summed E-state index contributed by atoms with van der Waals surface area (Å²) in [6.07, 6.45) is 90.9. The van der Waals surface area contributed by atoms with E-state index in [0.29, 0.717) is 19.3 Å². The first-order valence-corrected chi connectivity index (χ1v) is 33.4. The van der Waals surface area contributed by atoms with Crippen molar-refractivity contribution in [2.45, 2.75) is 322 Å². The van der Waals surface area contributed by atoms with E-state index in [9.17, 15) is 14.4 Å². The maximum atomic E-state index is 12.9. The molecule has 0 aromatic heterocycles. The Morgan fingerprint density at radius 2 is 0.494 bits per heavy atom. The third-order valence-corrected chi connectivity index (χ3v) is 14.3. The van der Waals surface area contributed by atoms with Crippen LogP contribution in [0.4, 0.5) is 0 Å². The van der Waals surface area contributed by atoms with E-state index in [1.165, 1.54) is 141 Å². The second-order valence-electron chi connectivity index (χ2n) is 22.0. The van der Waals surface area contributed by atoms with Crippen LogP contribution in [0.15, 0.2) is 109 Å². The lowest BCUT2D eigenvalue weighted by Crippen LogP contribution is -2.30. The lowest BCUT2D eigenvalue weighted by molar-refractivity contribution is -0.167. The molecule has 0 heterocycles. The molecule has 1 atom stereocenters. The molecule has 0 rings (SSSR count). The summed E-state index contributed by atoms with van der Waals surface area (Å²) < 4.78 is 17.0. The van der Waals surface area contributed by atoms with Crippen LogP contribution in [-0.4, -0.2) is 37.2 Å². The summed E-state index contributed by atoms with van der Waals surface area (Å²) in [7, 11) is 0. The minimum atomic E-state index is -0.794. The molecular formula is C73H124O6. The monoisotopic (exact) mass is 1100 g/mol. The zero-order valence-corrected chi connectivity index (χ0v) is 51.9. The fraction of sp³-hybridized carbons (Fsp3) is 0.712. The lowest BCUT2D eigenvalue weighted by Gasteiger charge is -2.18. The van der Waals surface area contributed by atoms with E-state index >= 15 is 0 Å². The van der Waals surface area contributed by atoms with Gasteiger partial charge in [-0.2, -0.15) is 0 Å². The highest BCUT2D eigenvalue weighted by molar-refractivity contribution is 5.71. The van der Waals surface area contributed by atoms with Crippen molar-refractivity contribution in [1.29, 1.82) is 0 Å². The standard InChI is InChI=1S/C73H124O6/c1-4-7-10-13-16-19-22-25-28-31-33-34-35-36-37-38-40-42-45-48-51-54-57-60-63-66-72(75)78-69-70(68-77-71(74)65-62-59-56-53-50-47-44-41-30-27-24-21-18-15-12-9-6-3)79-73(76)67-64-61-58-55-52-49-46-43-39-32-29-26-23-20-17-14-11-8-5-2/h7,10,16-17,19-20,25-26,28-29,33-34,36-37,39-40,42-43,70H,4-6,8-9,11-15,18,21-24,27,30-32,35,38,41,44-69H2,1-3H3/b10-7-,19-16-,20-17-,28-25-,29-26-,34-33-,37-36-,42-40-,43-39-. The van der Waals surface area contributed by atoms with E-state index < -0.39 is 6.10 Å². The molecule has 0 aliphatic rings. The zero-order chi connectivity index (χ0) is 57.1. The molecule has 6 nitrogen and oxygen atoms in total. The van der Waals surface area contributed by atoms with Crippen molar-refractivity contribution in [2.24, 2.45) is 0 Å². The van der Waals surface area contributed by atoms with Crippen LogP contribution >= 0.6 is 0 Å². The summed E-state index contributed by atoms with van der Waals surface area (Å²) in [5, 5.41) is 0. The third-order valence-electron chi connectivity index (χ3n) is 14.3. The number of rotatable bonds is 60. The summed E-state index contributed by atoms with van der Waals surface area (Å²) in [5.74, 6) is -0.903. The second kappa shape index (κ2) is 66.6. The highest BCUT2D eigenvalue weighted by Crippen LogP contribution is 2.16. The van der Waals surface area contributed by atoms with Crippen molar-refractivity contribution in [1.82, 2.24) is 0 Å². The highest BCUT2D eigenvalue weighted by Gasteiger charge is 2.19. The molecule has 0 aliphatic heterocycles. The molecule has 0 aliphatic carbocycles. The minimum absolute atomic E-state index is 0.0867. The SMILES string of the molecule is CC/C=C\C/C=C\C/C=C\C/C=C\C/C=C\C/C=C\CCCCCCCCC(=O)OCC(COC(=O)CCCCCCCCCCCCCCCCCCC)OC(=O)CCCCCCCC/C=C\C/C=C\C/C=C\CCCCC. The maximum Gasteiger partial charge on any atom is 0.306 e. The molecule has 0 aromatic carbocycles. The van der Waals surface area contributed by atoms with Gasteiger partial charge < -0.3 is 14.2 Å². The van der Waals surface area contributed by atoms with Crippen molar-refractivity contribution < 1.29 is 28.6 Å². The first kappa shape index (κ1) is 75.1. The molecule has 79 heavy (non-hydrogen) atoms. The van der Waals surface area contributed by atoms with Gasteiger partial charge in [0.2, 0.25) is 0 Å². The Balaban J connectivity index is 4.42. The fourth-order valence-corrected chi connectivity index (χ4v) is 9.28. The smallest absolute Gasteiger partial charge is 0.306 e. The van der Waals surface area contributed by atoms with E-state index in [2.05, 4.69) is 130 Å². The molecule has 1 unspecified atom stereocenters. The molecule has 0 bridgehead atoms. The molecule has 0 spiro atoms. The van der Waals surface area contributed by atoms with Gasteiger partial charge in [0.05, 0.1) is 0 Å². The van der Waals surface area contributed by atoms with Gasteiger partial charge >= 0.3 is 17.9 Å². The number of unbranched alkanes of at least 4 members (excludes halogenated alkanes) is 31. The molecule has 0 fully saturated rings. The van der Waals surface area contributed by atoms with E-state index in [1.807, 2.05) is 0 Å². The summed E-state index contributed by atoms with van der Waals surface area (Å²) in [4.78, 5) is 38.4. The lowest BCUT2D eigenvalue weighted by atomic mass is 10.0. The van der Waals surface area contributed by atoms with Crippen molar-refractivity contribution in [3.63, 3.8) is 0 Å². The van der Waals surface area contributed by atoms with Crippen LogP contribution in [0.1, 0.15) is 316 Å². The van der Waals surface area contributed by atoms with Crippen LogP contribution < -0.4 is 0 Å². The Bertz CT molecular complexity index is 1590. The van der Waals surface area contributed by atoms with Crippen LogP contribution in [-0.2, 0) is 28.6 Å². The summed E-state index contributed by atoms with van der Waals surface area (Å²) in [6.45, 7) is 6.51. The van der Waals surface area contributed by atoms with E-state index in [0.717, 1.165) is 135 Å². The largest absolute Gasteiger partial charge is 0.462 e. The molecule has 0 radical (unpaired) electrons. The summed E-state index contributed by atoms with van der Waals surface area (Å²) in [5.41, 5.74) is 0. The summed E-state index contributed by atoms with van der Waals surface area (Å²) >= 11 is 0. The molecule has 6 heteroatoms. The Morgan fingerprint density at radius 3 is 0.797 bits per heavy atom. The quantitative estimate of drug-likeness (QED) is 0.0261. The average molecular weight is 1100 g/mol. The third kappa shape index (κ3) is 64.8. The topological polar surface area (TPSA) is 78.9 Å². The minimum Gasteiger partial charge on any atom is -0.462 e. The Kier molecular flexibility index (Phi) is 63.3. The molecular weight excluding hydrogens is 973 g/mol. The second-order valence-corrected chi connectivity index (χ2v) is 22.0. The van der Waals surface area contributed by atoms with Crippen molar-refractivity contribution in [2.75, 3.05) is 13.2 Å². The maximum absolute atomic E-state index is 12.9. The number of allylic oxidation sites excluding steroid dienone is 18. The first-order valence-electron chi connectivity index (χ1n) is 33.4. The predicted molar refractivity (Wildman–Crippen MR) is 343 cm³/mol. The van der Waals surface area contributed by atoms with Gasteiger partial charge in [-0.1, -0.05) is 297 Å². The zero-order valence-electron chi connectivity index (χ0n) is 51.9. The summed E-state index contributed by atoms with van der Waals surface area (Å²) in [6, 6.07) is 0. The normalized spacial score (nSPS) is 12.8. The number of hydrogen-bond acceptors (Lipinski definition) is 6. The van der Waals surface area contributed by atoms with E-state index in [-0.39, 0.29) is 31.1 Å². The van der Waals surface area contributed by atoms with Crippen molar-refractivity contribution in [3.05, 3.63) is 109 Å². The Morgan fingerprint density at radius 1 is 0.266 bits per heavy atom. The molecule has 452 valence electrons. The molecule has 0 saturated carbocycles. The number of carbonyl (C=O) groups is 3. The number of carbonyl (C=O) groups excluding carboxylic acids is 3. The van der Waals surface area contributed by atoms with Gasteiger partial charge in [-0.15, -0.1) is 0 Å². The van der Waals surface area contributed by atoms with Gasteiger partial charge in [0.15, 0.2) is 6.10 Å². The van der Waals surface area contributed by atoms with E-state index in [4.69, 9.17) is 14.2 Å². The number of esters is 3. The van der Waals surface area contributed by atoms with Crippen LogP contribution in [0.3, 0.4) is 0 Å². The van der Waals surface area contributed by atoms with Gasteiger partial charge in [0, 0.05) is 19.3 Å². The van der Waals surface area contributed by atoms with Crippen LogP contribution in [0, 0.1) is 0 Å². The molecule has 0 aromatic rings. The van der Waals surface area contributed by atoms with Gasteiger partial charge in [0.25, 0.3) is 0 Å². The van der Waals surface area contributed by atoms with Crippen molar-refractivity contribution in [3.8, 4) is 0 Å². The van der Waals surface area contributed by atoms with Gasteiger partial charge in [-0.05, 0) is 109 Å². The first-order chi connectivity index (χ1) is 39.0. The predicted octanol–water partition coefficient (Wildman–Crippen LogP) is 23.0. The van der Waals surface area contributed by atoms with Crippen LogP contribution in [0.2, 0.25) is 0 Å². The molecule has 0 N–H and O–H groups in total. The van der Waals surface area contributed by atoms with Gasteiger partial charge in [-0.3, -0.25) is 14.4 Å². The van der Waals surface area contributed by atoms with Gasteiger partial charge in [0.1, 0.15) is 13.2 Å². The van der Waals surface area contributed by atoms with Crippen LogP contribution in [0.25, 0.3) is 0 Å². The van der Waals surface area contributed by atoms with Crippen molar-refractivity contribution >= 4 is 17.9 Å². The molecule has 0 saturated heterocycles. The number of ether oxygens (including phenoxy) is 3. The Hall–Kier alpha value is -3.93. The Labute approximate surface area is 489 Å². The average Bonchev–Trinajstić information content (AvgIpc) is 3.45. The van der Waals surface area contributed by atoms with E-state index in [1.54, 1.807) is 0 Å². The fourth-order valence-electron chi connectivity index (χ4n) is 9.28.